The van der Waals surface area contributed by atoms with Gasteiger partial charge in [-0.2, -0.15) is 5.26 Å². The first kappa shape index (κ1) is 19.7. The number of hydrogen-bond acceptors (Lipinski definition) is 4. The fraction of sp³-hybridized carbons (Fsp3) is 0.476. The summed E-state index contributed by atoms with van der Waals surface area (Å²) in [5.74, 6) is -0.135. The summed E-state index contributed by atoms with van der Waals surface area (Å²) in [4.78, 5) is 24.1. The average Bonchev–Trinajstić information content (AvgIpc) is 2.63. The van der Waals surface area contributed by atoms with Gasteiger partial charge in [-0.05, 0) is 36.8 Å². The van der Waals surface area contributed by atoms with Gasteiger partial charge in [0.05, 0.1) is 0 Å². The minimum absolute atomic E-state index is 0.114. The second-order valence-corrected chi connectivity index (χ2v) is 7.10. The summed E-state index contributed by atoms with van der Waals surface area (Å²) in [6.45, 7) is 5.92. The first-order valence-electron chi connectivity index (χ1n) is 9.05. The van der Waals surface area contributed by atoms with Crippen molar-refractivity contribution in [1.82, 2.24) is 5.32 Å². The lowest BCUT2D eigenvalue weighted by Crippen LogP contribution is -2.45. The maximum Gasteiger partial charge on any atom is 0.349 e. The number of hydrogen-bond donors (Lipinski definition) is 1. The Morgan fingerprint density at radius 3 is 2.62 bits per heavy atom. The number of ether oxygens (including phenoxy) is 1. The van der Waals surface area contributed by atoms with Gasteiger partial charge in [0.1, 0.15) is 11.6 Å². The highest BCUT2D eigenvalue weighted by Gasteiger charge is 2.28. The van der Waals surface area contributed by atoms with E-state index in [1.54, 1.807) is 0 Å². The van der Waals surface area contributed by atoms with Crippen molar-refractivity contribution in [2.24, 2.45) is 11.8 Å². The number of nitriles is 1. The summed E-state index contributed by atoms with van der Waals surface area (Å²) in [6.07, 6.45) is 4.68. The third kappa shape index (κ3) is 5.45. The molecule has 1 aromatic rings. The van der Waals surface area contributed by atoms with Gasteiger partial charge in [-0.1, -0.05) is 56.5 Å². The van der Waals surface area contributed by atoms with Crippen molar-refractivity contribution < 1.29 is 14.3 Å². The van der Waals surface area contributed by atoms with E-state index in [1.807, 2.05) is 37.3 Å². The average molecular weight is 354 g/mol. The number of rotatable bonds is 5. The molecule has 26 heavy (non-hydrogen) atoms. The Balaban J connectivity index is 1.89. The van der Waals surface area contributed by atoms with E-state index >= 15 is 0 Å². The second kappa shape index (κ2) is 9.19. The van der Waals surface area contributed by atoms with E-state index in [2.05, 4.69) is 19.2 Å². The van der Waals surface area contributed by atoms with Gasteiger partial charge in [-0.25, -0.2) is 4.79 Å². The molecule has 1 aromatic carbocycles. The first-order chi connectivity index (χ1) is 12.4. The summed E-state index contributed by atoms with van der Waals surface area (Å²) in [5.41, 5.74) is 1.70. The van der Waals surface area contributed by atoms with Crippen LogP contribution in [0.5, 0.6) is 0 Å². The van der Waals surface area contributed by atoms with Crippen LogP contribution in [0.25, 0.3) is 6.08 Å². The van der Waals surface area contributed by atoms with Crippen molar-refractivity contribution in [2.45, 2.75) is 46.1 Å². The van der Waals surface area contributed by atoms with Crippen molar-refractivity contribution in [3.63, 3.8) is 0 Å². The lowest BCUT2D eigenvalue weighted by molar-refractivity contribution is -0.144. The normalized spacial score (nSPS) is 23.0. The number of amides is 1. The van der Waals surface area contributed by atoms with Crippen LogP contribution in [-0.2, 0) is 14.3 Å². The third-order valence-corrected chi connectivity index (χ3v) is 5.12. The summed E-state index contributed by atoms with van der Waals surface area (Å²) >= 11 is 0. The van der Waals surface area contributed by atoms with Crippen LogP contribution in [0.1, 0.15) is 44.2 Å². The van der Waals surface area contributed by atoms with E-state index in [9.17, 15) is 14.9 Å². The number of aryl methyl sites for hydroxylation is 1. The van der Waals surface area contributed by atoms with Gasteiger partial charge >= 0.3 is 5.97 Å². The Morgan fingerprint density at radius 1 is 1.27 bits per heavy atom. The molecule has 5 heteroatoms. The van der Waals surface area contributed by atoms with E-state index in [4.69, 9.17) is 4.74 Å². The summed E-state index contributed by atoms with van der Waals surface area (Å²) in [7, 11) is 0. The van der Waals surface area contributed by atoms with Crippen LogP contribution in [0.15, 0.2) is 29.8 Å². The smallest absolute Gasteiger partial charge is 0.349 e. The van der Waals surface area contributed by atoms with E-state index in [1.165, 1.54) is 12.5 Å². The molecule has 0 heterocycles. The van der Waals surface area contributed by atoms with E-state index < -0.39 is 5.97 Å². The molecule has 0 aromatic heterocycles. The molecule has 2 rings (SSSR count). The zero-order valence-electron chi connectivity index (χ0n) is 15.6. The standard InChI is InChI=1S/C21H26N2O3/c1-14-7-9-17(10-8-14)11-18(12-22)21(25)26-13-20(24)23-19-6-4-5-15(2)16(19)3/h7-11,15-16,19H,4-6,13H2,1-3H3,(H,23,24)/b18-11+/t15-,16-,19+/m0/s1. The molecule has 1 fully saturated rings. The molecule has 0 radical (unpaired) electrons. The topological polar surface area (TPSA) is 79.2 Å². The van der Waals surface area contributed by atoms with Gasteiger partial charge < -0.3 is 10.1 Å². The van der Waals surface area contributed by atoms with Gasteiger partial charge in [-0.15, -0.1) is 0 Å². The Bertz CT molecular complexity index is 716. The molecular formula is C21H26N2O3. The minimum Gasteiger partial charge on any atom is -0.451 e. The predicted octanol–water partition coefficient (Wildman–Crippen LogP) is 3.39. The van der Waals surface area contributed by atoms with Crippen molar-refractivity contribution in [3.05, 3.63) is 41.0 Å². The van der Waals surface area contributed by atoms with Crippen LogP contribution in [-0.4, -0.2) is 24.5 Å². The summed E-state index contributed by atoms with van der Waals surface area (Å²) in [5, 5.41) is 12.1. The summed E-state index contributed by atoms with van der Waals surface area (Å²) < 4.78 is 5.01. The number of benzene rings is 1. The van der Waals surface area contributed by atoms with Crippen molar-refractivity contribution in [1.29, 1.82) is 5.26 Å². The Kier molecular flexibility index (Phi) is 6.97. The van der Waals surface area contributed by atoms with Gasteiger partial charge in [0, 0.05) is 6.04 Å². The molecule has 0 aliphatic heterocycles. The molecule has 5 nitrogen and oxygen atoms in total. The van der Waals surface area contributed by atoms with E-state index in [0.29, 0.717) is 11.8 Å². The molecule has 138 valence electrons. The molecule has 0 spiro atoms. The third-order valence-electron chi connectivity index (χ3n) is 5.12. The molecule has 0 unspecified atom stereocenters. The molecule has 1 saturated carbocycles. The van der Waals surface area contributed by atoms with E-state index in [-0.39, 0.29) is 24.1 Å². The summed E-state index contributed by atoms with van der Waals surface area (Å²) in [6, 6.07) is 9.38. The molecule has 0 bridgehead atoms. The number of esters is 1. The van der Waals surface area contributed by atoms with Gasteiger partial charge in [-0.3, -0.25) is 4.79 Å². The Morgan fingerprint density at radius 2 is 1.96 bits per heavy atom. The number of carbonyl (C=O) groups excluding carboxylic acids is 2. The van der Waals surface area contributed by atoms with Crippen molar-refractivity contribution in [2.75, 3.05) is 6.61 Å². The second-order valence-electron chi connectivity index (χ2n) is 7.10. The molecule has 1 aliphatic carbocycles. The number of nitrogens with zero attached hydrogens (tertiary/aromatic N) is 1. The van der Waals surface area contributed by atoms with Crippen LogP contribution in [0, 0.1) is 30.1 Å². The number of nitrogens with one attached hydrogen (secondary N) is 1. The largest absolute Gasteiger partial charge is 0.451 e. The zero-order chi connectivity index (χ0) is 19.1. The predicted molar refractivity (Wildman–Crippen MR) is 99.8 cm³/mol. The SMILES string of the molecule is Cc1ccc(/C=C(\C#N)C(=O)OCC(=O)N[C@@H]2CCC[C@H](C)[C@@H]2C)cc1. The lowest BCUT2D eigenvalue weighted by Gasteiger charge is -2.34. The molecule has 1 amide bonds. The van der Waals surface area contributed by atoms with Crippen LogP contribution in [0.4, 0.5) is 0 Å². The molecule has 1 N–H and O–H groups in total. The quantitative estimate of drug-likeness (QED) is 0.499. The lowest BCUT2D eigenvalue weighted by atomic mass is 9.78. The number of carbonyl (C=O) groups is 2. The van der Waals surface area contributed by atoms with E-state index in [0.717, 1.165) is 24.0 Å². The molecule has 0 saturated heterocycles. The van der Waals surface area contributed by atoms with Crippen LogP contribution in [0.3, 0.4) is 0 Å². The van der Waals surface area contributed by atoms with Crippen LogP contribution < -0.4 is 5.32 Å². The van der Waals surface area contributed by atoms with Crippen molar-refractivity contribution in [3.8, 4) is 6.07 Å². The van der Waals surface area contributed by atoms with Crippen molar-refractivity contribution >= 4 is 18.0 Å². The van der Waals surface area contributed by atoms with Crippen LogP contribution >= 0.6 is 0 Å². The highest BCUT2D eigenvalue weighted by molar-refractivity contribution is 5.98. The Labute approximate surface area is 155 Å². The highest BCUT2D eigenvalue weighted by atomic mass is 16.5. The minimum atomic E-state index is -0.784. The first-order valence-corrected chi connectivity index (χ1v) is 9.05. The maximum absolute atomic E-state index is 12.1. The maximum atomic E-state index is 12.1. The monoisotopic (exact) mass is 354 g/mol. The highest BCUT2D eigenvalue weighted by Crippen LogP contribution is 2.29. The van der Waals surface area contributed by atoms with Gasteiger partial charge in [0.15, 0.2) is 6.61 Å². The fourth-order valence-corrected chi connectivity index (χ4v) is 3.21. The fourth-order valence-electron chi connectivity index (χ4n) is 3.21. The van der Waals surface area contributed by atoms with Crippen LogP contribution in [0.2, 0.25) is 0 Å². The van der Waals surface area contributed by atoms with Gasteiger partial charge in [0.25, 0.3) is 5.91 Å². The molecule has 3 atom stereocenters. The molecule has 1 aliphatic rings. The zero-order valence-corrected chi connectivity index (χ0v) is 15.6. The Hall–Kier alpha value is -2.61. The molecular weight excluding hydrogens is 328 g/mol. The van der Waals surface area contributed by atoms with Gasteiger partial charge in [0.2, 0.25) is 0 Å².